The molecule has 0 N–H and O–H groups in total. The average molecular weight is 248 g/mol. The maximum Gasteiger partial charge on any atom is 0.198 e. The molecule has 0 unspecified atom stereocenters. The van der Waals surface area contributed by atoms with Crippen molar-refractivity contribution in [3.8, 4) is 0 Å². The fourth-order valence-corrected chi connectivity index (χ4v) is 1.99. The highest BCUT2D eigenvalue weighted by molar-refractivity contribution is 5.97. The van der Waals surface area contributed by atoms with Gasteiger partial charge in [0.2, 0.25) is 0 Å². The fraction of sp³-hybridized carbons (Fsp3) is 0.400. The van der Waals surface area contributed by atoms with Crippen LogP contribution in [0.3, 0.4) is 0 Å². The van der Waals surface area contributed by atoms with E-state index in [-0.39, 0.29) is 11.6 Å². The smallest absolute Gasteiger partial charge is 0.198 e. The van der Waals surface area contributed by atoms with E-state index in [1.165, 1.54) is 12.1 Å². The SMILES string of the molecule is CCCCCCC(=O)c1cc2cc(F)ccc2o1. The number of unbranched alkanes of at least 4 members (excludes halogenated alkanes) is 3. The maximum atomic E-state index is 13.0. The molecule has 18 heavy (non-hydrogen) atoms. The van der Waals surface area contributed by atoms with Crippen molar-refractivity contribution in [2.24, 2.45) is 0 Å². The molecule has 0 saturated heterocycles. The van der Waals surface area contributed by atoms with E-state index in [1.54, 1.807) is 12.1 Å². The quantitative estimate of drug-likeness (QED) is 0.546. The molecule has 1 aromatic carbocycles. The van der Waals surface area contributed by atoms with Crippen molar-refractivity contribution in [3.63, 3.8) is 0 Å². The second kappa shape index (κ2) is 5.80. The summed E-state index contributed by atoms with van der Waals surface area (Å²) in [6, 6.07) is 5.90. The number of halogens is 1. The van der Waals surface area contributed by atoms with E-state index >= 15 is 0 Å². The van der Waals surface area contributed by atoms with Crippen LogP contribution in [0.15, 0.2) is 28.7 Å². The molecule has 0 radical (unpaired) electrons. The van der Waals surface area contributed by atoms with Gasteiger partial charge in [-0.1, -0.05) is 26.2 Å². The first kappa shape index (κ1) is 12.8. The number of hydrogen-bond acceptors (Lipinski definition) is 2. The Morgan fingerprint density at radius 2 is 2.06 bits per heavy atom. The van der Waals surface area contributed by atoms with Crippen LogP contribution in [0.1, 0.15) is 49.6 Å². The minimum atomic E-state index is -0.315. The van der Waals surface area contributed by atoms with Gasteiger partial charge in [0, 0.05) is 11.8 Å². The van der Waals surface area contributed by atoms with E-state index in [4.69, 9.17) is 4.42 Å². The Labute approximate surface area is 106 Å². The molecular weight excluding hydrogens is 231 g/mol. The summed E-state index contributed by atoms with van der Waals surface area (Å²) >= 11 is 0. The molecule has 0 aliphatic rings. The summed E-state index contributed by atoms with van der Waals surface area (Å²) < 4.78 is 18.4. The minimum Gasteiger partial charge on any atom is -0.453 e. The second-order valence-electron chi connectivity index (χ2n) is 4.53. The van der Waals surface area contributed by atoms with Crippen LogP contribution < -0.4 is 0 Å². The van der Waals surface area contributed by atoms with E-state index in [1.807, 2.05) is 0 Å². The lowest BCUT2D eigenvalue weighted by molar-refractivity contribution is 0.0954. The van der Waals surface area contributed by atoms with Gasteiger partial charge in [0.05, 0.1) is 0 Å². The van der Waals surface area contributed by atoms with Crippen molar-refractivity contribution in [2.75, 3.05) is 0 Å². The molecule has 1 heterocycles. The summed E-state index contributed by atoms with van der Waals surface area (Å²) in [5, 5.41) is 0.645. The summed E-state index contributed by atoms with van der Waals surface area (Å²) in [6.45, 7) is 2.13. The van der Waals surface area contributed by atoms with Crippen LogP contribution in [-0.2, 0) is 0 Å². The number of carbonyl (C=O) groups excluding carboxylic acids is 1. The van der Waals surface area contributed by atoms with E-state index in [0.29, 0.717) is 23.2 Å². The Kier molecular flexibility index (Phi) is 4.13. The van der Waals surface area contributed by atoms with Gasteiger partial charge in [0.15, 0.2) is 11.5 Å². The first-order chi connectivity index (χ1) is 8.70. The van der Waals surface area contributed by atoms with Crippen LogP contribution in [0.5, 0.6) is 0 Å². The van der Waals surface area contributed by atoms with Gasteiger partial charge in [0.25, 0.3) is 0 Å². The van der Waals surface area contributed by atoms with Gasteiger partial charge in [-0.25, -0.2) is 4.39 Å². The molecule has 0 fully saturated rings. The molecule has 0 aliphatic carbocycles. The number of ketones is 1. The Morgan fingerprint density at radius 1 is 1.22 bits per heavy atom. The second-order valence-corrected chi connectivity index (χ2v) is 4.53. The number of hydrogen-bond donors (Lipinski definition) is 0. The highest BCUT2D eigenvalue weighted by Gasteiger charge is 2.12. The Hall–Kier alpha value is -1.64. The molecule has 2 nitrogen and oxygen atoms in total. The molecule has 96 valence electrons. The molecule has 0 aliphatic heterocycles. The number of furan rings is 1. The van der Waals surface area contributed by atoms with Crippen LogP contribution in [0, 0.1) is 5.82 Å². The molecule has 0 saturated carbocycles. The molecule has 0 amide bonds. The Morgan fingerprint density at radius 3 is 2.83 bits per heavy atom. The standard InChI is InChI=1S/C15H17FO2/c1-2-3-4-5-6-13(17)15-10-11-9-12(16)7-8-14(11)18-15/h7-10H,2-6H2,1H3. The number of rotatable bonds is 6. The van der Waals surface area contributed by atoms with E-state index < -0.39 is 0 Å². The first-order valence-electron chi connectivity index (χ1n) is 6.43. The van der Waals surface area contributed by atoms with Crippen LogP contribution >= 0.6 is 0 Å². The van der Waals surface area contributed by atoms with Crippen LogP contribution in [0.2, 0.25) is 0 Å². The summed E-state index contributed by atoms with van der Waals surface area (Å²) in [5.74, 6) is 0.0278. The van der Waals surface area contributed by atoms with Gasteiger partial charge in [0.1, 0.15) is 11.4 Å². The summed E-state index contributed by atoms with van der Waals surface area (Å²) in [7, 11) is 0. The molecule has 3 heteroatoms. The van der Waals surface area contributed by atoms with Crippen LogP contribution in [0.25, 0.3) is 11.0 Å². The van der Waals surface area contributed by atoms with Gasteiger partial charge in [-0.3, -0.25) is 4.79 Å². The van der Waals surface area contributed by atoms with Gasteiger partial charge < -0.3 is 4.42 Å². The highest BCUT2D eigenvalue weighted by Crippen LogP contribution is 2.21. The predicted molar refractivity (Wildman–Crippen MR) is 69.3 cm³/mol. The van der Waals surface area contributed by atoms with Gasteiger partial charge >= 0.3 is 0 Å². The maximum absolute atomic E-state index is 13.0. The fourth-order valence-electron chi connectivity index (χ4n) is 1.99. The first-order valence-corrected chi connectivity index (χ1v) is 6.43. The average Bonchev–Trinajstić information content (AvgIpc) is 2.77. The predicted octanol–water partition coefficient (Wildman–Crippen LogP) is 4.73. The number of fused-ring (bicyclic) bond motifs is 1. The number of carbonyl (C=O) groups is 1. The zero-order valence-electron chi connectivity index (χ0n) is 10.5. The molecular formula is C15H17FO2. The summed E-state index contributed by atoms with van der Waals surface area (Å²) in [4.78, 5) is 11.9. The third kappa shape index (κ3) is 2.97. The summed E-state index contributed by atoms with van der Waals surface area (Å²) in [6.07, 6.45) is 4.76. The largest absolute Gasteiger partial charge is 0.453 e. The van der Waals surface area contributed by atoms with Crippen LogP contribution in [0.4, 0.5) is 4.39 Å². The molecule has 2 rings (SSSR count). The van der Waals surface area contributed by atoms with Crippen molar-refractivity contribution in [1.29, 1.82) is 0 Å². The molecule has 1 aromatic heterocycles. The lowest BCUT2D eigenvalue weighted by Gasteiger charge is -1.97. The van der Waals surface area contributed by atoms with Gasteiger partial charge in [-0.15, -0.1) is 0 Å². The monoisotopic (exact) mass is 248 g/mol. The number of Topliss-reactive ketones (excluding diaryl/α,β-unsaturated/α-hetero) is 1. The zero-order valence-corrected chi connectivity index (χ0v) is 10.5. The lowest BCUT2D eigenvalue weighted by atomic mass is 10.1. The van der Waals surface area contributed by atoms with Crippen molar-refractivity contribution in [1.82, 2.24) is 0 Å². The lowest BCUT2D eigenvalue weighted by Crippen LogP contribution is -1.96. The third-order valence-electron chi connectivity index (χ3n) is 3.01. The summed E-state index contributed by atoms with van der Waals surface area (Å²) in [5.41, 5.74) is 0.563. The van der Waals surface area contributed by atoms with Crippen molar-refractivity contribution in [3.05, 3.63) is 35.8 Å². The van der Waals surface area contributed by atoms with E-state index in [0.717, 1.165) is 25.7 Å². The van der Waals surface area contributed by atoms with Crippen molar-refractivity contribution >= 4 is 16.8 Å². The molecule has 2 aromatic rings. The third-order valence-corrected chi connectivity index (χ3v) is 3.01. The zero-order chi connectivity index (χ0) is 13.0. The van der Waals surface area contributed by atoms with Gasteiger partial charge in [-0.2, -0.15) is 0 Å². The van der Waals surface area contributed by atoms with Crippen LogP contribution in [-0.4, -0.2) is 5.78 Å². The Bertz CT molecular complexity index is 542. The normalized spacial score (nSPS) is 11.0. The van der Waals surface area contributed by atoms with E-state index in [9.17, 15) is 9.18 Å². The van der Waals surface area contributed by atoms with E-state index in [2.05, 4.69) is 6.92 Å². The van der Waals surface area contributed by atoms with Crippen molar-refractivity contribution in [2.45, 2.75) is 39.0 Å². The molecule has 0 spiro atoms. The van der Waals surface area contributed by atoms with Gasteiger partial charge in [-0.05, 0) is 30.7 Å². The van der Waals surface area contributed by atoms with Crippen molar-refractivity contribution < 1.29 is 13.6 Å². The Balaban J connectivity index is 2.04. The highest BCUT2D eigenvalue weighted by atomic mass is 19.1. The molecule has 0 atom stereocenters. The minimum absolute atomic E-state index is 0.00251. The number of benzene rings is 1. The molecule has 0 bridgehead atoms. The topological polar surface area (TPSA) is 30.2 Å².